The van der Waals surface area contributed by atoms with Gasteiger partial charge in [0.15, 0.2) is 0 Å². The Morgan fingerprint density at radius 2 is 2.13 bits per heavy atom. The van der Waals surface area contributed by atoms with Crippen LogP contribution in [0.4, 0.5) is 0 Å². The lowest BCUT2D eigenvalue weighted by atomic mass is 10.2. The summed E-state index contributed by atoms with van der Waals surface area (Å²) in [4.78, 5) is 8.68. The first-order valence-electron chi connectivity index (χ1n) is 5.04. The van der Waals surface area contributed by atoms with Crippen molar-refractivity contribution in [2.24, 2.45) is 0 Å². The minimum absolute atomic E-state index is 0.0427. The van der Waals surface area contributed by atoms with Gasteiger partial charge in [0.1, 0.15) is 5.82 Å². The lowest BCUT2D eigenvalue weighted by Crippen LogP contribution is -2.12. The van der Waals surface area contributed by atoms with Crippen molar-refractivity contribution in [1.82, 2.24) is 9.97 Å². The van der Waals surface area contributed by atoms with Crippen LogP contribution in [-0.2, 0) is 11.2 Å². The van der Waals surface area contributed by atoms with E-state index in [9.17, 15) is 0 Å². The number of hydrogen-bond donors (Lipinski definition) is 0. The standard InChI is InChI=1S/C11H17ClN2O/c1-7(15-4)5-11-13-6-10(8(2)12)9(3)14-11/h6-8H,5H2,1-4H3. The molecule has 4 heteroatoms. The zero-order valence-electron chi connectivity index (χ0n) is 9.62. The molecule has 0 spiro atoms. The fourth-order valence-corrected chi connectivity index (χ4v) is 1.57. The number of methoxy groups -OCH3 is 1. The van der Waals surface area contributed by atoms with Crippen LogP contribution in [0.3, 0.4) is 0 Å². The lowest BCUT2D eigenvalue weighted by molar-refractivity contribution is 0.117. The van der Waals surface area contributed by atoms with Crippen LogP contribution in [0.5, 0.6) is 0 Å². The molecule has 0 fully saturated rings. The number of nitrogens with zero attached hydrogens (tertiary/aromatic N) is 2. The van der Waals surface area contributed by atoms with Crippen LogP contribution in [0.15, 0.2) is 6.20 Å². The van der Waals surface area contributed by atoms with E-state index in [1.165, 1.54) is 0 Å². The molecule has 1 aromatic heterocycles. The van der Waals surface area contributed by atoms with Crippen LogP contribution < -0.4 is 0 Å². The van der Waals surface area contributed by atoms with Gasteiger partial charge in [0.2, 0.25) is 0 Å². The summed E-state index contributed by atoms with van der Waals surface area (Å²) in [7, 11) is 1.69. The number of halogens is 1. The van der Waals surface area contributed by atoms with Gasteiger partial charge in [-0.3, -0.25) is 0 Å². The highest BCUT2D eigenvalue weighted by molar-refractivity contribution is 6.20. The zero-order valence-corrected chi connectivity index (χ0v) is 10.4. The fraction of sp³-hybridized carbons (Fsp3) is 0.636. The van der Waals surface area contributed by atoms with Crippen molar-refractivity contribution in [3.63, 3.8) is 0 Å². The Balaban J connectivity index is 2.82. The summed E-state index contributed by atoms with van der Waals surface area (Å²) in [6.45, 7) is 5.87. The van der Waals surface area contributed by atoms with E-state index >= 15 is 0 Å². The number of ether oxygens (including phenoxy) is 1. The minimum atomic E-state index is -0.0427. The van der Waals surface area contributed by atoms with Crippen molar-refractivity contribution >= 4 is 11.6 Å². The Morgan fingerprint density at radius 3 is 2.60 bits per heavy atom. The molecule has 0 radical (unpaired) electrons. The molecule has 1 aromatic rings. The first kappa shape index (κ1) is 12.4. The maximum absolute atomic E-state index is 5.99. The number of rotatable bonds is 4. The van der Waals surface area contributed by atoms with E-state index in [0.717, 1.165) is 23.5 Å². The van der Waals surface area contributed by atoms with Crippen molar-refractivity contribution in [1.29, 1.82) is 0 Å². The molecule has 0 saturated carbocycles. The largest absolute Gasteiger partial charge is 0.381 e. The summed E-state index contributed by atoms with van der Waals surface area (Å²) in [6.07, 6.45) is 2.68. The summed E-state index contributed by atoms with van der Waals surface area (Å²) in [5.74, 6) is 0.808. The average Bonchev–Trinajstić information content (AvgIpc) is 2.17. The second-order valence-corrected chi connectivity index (χ2v) is 4.35. The molecular weight excluding hydrogens is 212 g/mol. The van der Waals surface area contributed by atoms with Gasteiger partial charge in [0.05, 0.1) is 11.5 Å². The SMILES string of the molecule is COC(C)Cc1ncc(C(C)Cl)c(C)n1. The van der Waals surface area contributed by atoms with E-state index in [0.29, 0.717) is 0 Å². The third-order valence-electron chi connectivity index (χ3n) is 2.37. The summed E-state index contributed by atoms with van der Waals surface area (Å²) in [5.41, 5.74) is 1.94. The third-order valence-corrected chi connectivity index (χ3v) is 2.60. The minimum Gasteiger partial charge on any atom is -0.381 e. The fourth-order valence-electron chi connectivity index (χ4n) is 1.35. The highest BCUT2D eigenvalue weighted by Gasteiger charge is 2.10. The summed E-state index contributed by atoms with van der Waals surface area (Å²) in [6, 6.07) is 0. The Kier molecular flexibility index (Phi) is 4.48. The molecule has 3 nitrogen and oxygen atoms in total. The van der Waals surface area contributed by atoms with Crippen LogP contribution in [0.25, 0.3) is 0 Å². The van der Waals surface area contributed by atoms with E-state index in [2.05, 4.69) is 9.97 Å². The summed E-state index contributed by atoms with van der Waals surface area (Å²) >= 11 is 5.99. The Bertz CT molecular complexity index is 328. The molecule has 2 atom stereocenters. The summed E-state index contributed by atoms with van der Waals surface area (Å²) in [5, 5.41) is -0.0427. The zero-order chi connectivity index (χ0) is 11.4. The van der Waals surface area contributed by atoms with Gasteiger partial charge in [-0.2, -0.15) is 0 Å². The van der Waals surface area contributed by atoms with Gasteiger partial charge in [-0.25, -0.2) is 9.97 Å². The predicted molar refractivity (Wildman–Crippen MR) is 61.2 cm³/mol. The maximum atomic E-state index is 5.99. The van der Waals surface area contributed by atoms with Gasteiger partial charge in [-0.15, -0.1) is 11.6 Å². The van der Waals surface area contributed by atoms with Crippen LogP contribution >= 0.6 is 11.6 Å². The van der Waals surface area contributed by atoms with Crippen molar-refractivity contribution in [3.8, 4) is 0 Å². The second-order valence-electron chi connectivity index (χ2n) is 3.69. The van der Waals surface area contributed by atoms with Gasteiger partial charge < -0.3 is 4.74 Å². The normalized spacial score (nSPS) is 15.0. The van der Waals surface area contributed by atoms with Crippen molar-refractivity contribution < 1.29 is 4.74 Å². The molecule has 0 aliphatic rings. The molecule has 2 unspecified atom stereocenters. The van der Waals surface area contributed by atoms with E-state index < -0.39 is 0 Å². The van der Waals surface area contributed by atoms with Crippen LogP contribution in [0.2, 0.25) is 0 Å². The smallest absolute Gasteiger partial charge is 0.131 e. The van der Waals surface area contributed by atoms with Crippen LogP contribution in [0, 0.1) is 6.92 Å². The number of alkyl halides is 1. The Labute approximate surface area is 95.8 Å². The van der Waals surface area contributed by atoms with E-state index in [1.54, 1.807) is 13.3 Å². The molecule has 1 heterocycles. The first-order chi connectivity index (χ1) is 7.04. The van der Waals surface area contributed by atoms with Gasteiger partial charge >= 0.3 is 0 Å². The van der Waals surface area contributed by atoms with Gasteiger partial charge in [-0.1, -0.05) is 0 Å². The quantitative estimate of drug-likeness (QED) is 0.744. The second kappa shape index (κ2) is 5.42. The molecule has 0 aliphatic heterocycles. The number of hydrogen-bond acceptors (Lipinski definition) is 3. The van der Waals surface area contributed by atoms with E-state index in [1.807, 2.05) is 20.8 Å². The maximum Gasteiger partial charge on any atom is 0.131 e. The van der Waals surface area contributed by atoms with Gasteiger partial charge in [-0.05, 0) is 20.8 Å². The predicted octanol–water partition coefficient (Wildman–Crippen LogP) is 2.66. The molecule has 0 saturated heterocycles. The van der Waals surface area contributed by atoms with Crippen molar-refractivity contribution in [2.75, 3.05) is 7.11 Å². The van der Waals surface area contributed by atoms with Crippen molar-refractivity contribution in [3.05, 3.63) is 23.3 Å². The first-order valence-corrected chi connectivity index (χ1v) is 5.47. The van der Waals surface area contributed by atoms with E-state index in [4.69, 9.17) is 16.3 Å². The van der Waals surface area contributed by atoms with Crippen LogP contribution in [0.1, 0.15) is 36.3 Å². The Hall–Kier alpha value is -0.670. The van der Waals surface area contributed by atoms with Gasteiger partial charge in [0, 0.05) is 31.0 Å². The molecule has 0 bridgehead atoms. The lowest BCUT2D eigenvalue weighted by Gasteiger charge is -2.11. The Morgan fingerprint density at radius 1 is 1.47 bits per heavy atom. The molecule has 0 aliphatic carbocycles. The van der Waals surface area contributed by atoms with Crippen molar-refractivity contribution in [2.45, 2.75) is 38.7 Å². The molecule has 0 N–H and O–H groups in total. The molecule has 0 amide bonds. The molecule has 1 rings (SSSR count). The molecule has 84 valence electrons. The molecule has 15 heavy (non-hydrogen) atoms. The van der Waals surface area contributed by atoms with Crippen LogP contribution in [-0.4, -0.2) is 23.2 Å². The highest BCUT2D eigenvalue weighted by atomic mass is 35.5. The molecule has 0 aromatic carbocycles. The van der Waals surface area contributed by atoms with E-state index in [-0.39, 0.29) is 11.5 Å². The average molecular weight is 229 g/mol. The molecular formula is C11H17ClN2O. The van der Waals surface area contributed by atoms with Gasteiger partial charge in [0.25, 0.3) is 0 Å². The number of aromatic nitrogens is 2. The third kappa shape index (κ3) is 3.43. The number of aryl methyl sites for hydroxylation is 1. The topological polar surface area (TPSA) is 35.0 Å². The monoisotopic (exact) mass is 228 g/mol. The summed E-state index contributed by atoms with van der Waals surface area (Å²) < 4.78 is 5.17. The highest BCUT2D eigenvalue weighted by Crippen LogP contribution is 2.20.